The highest BCUT2D eigenvalue weighted by molar-refractivity contribution is 5.71. The fraction of sp³-hybridized carbons (Fsp3) is 0.524. The van der Waals surface area contributed by atoms with Crippen molar-refractivity contribution >= 4 is 34.2 Å². The Hall–Kier alpha value is -4.02. The molecule has 2 saturated heterocycles. The van der Waals surface area contributed by atoms with Gasteiger partial charge in [-0.1, -0.05) is 0 Å². The molecule has 0 spiro atoms. The van der Waals surface area contributed by atoms with Gasteiger partial charge in [-0.25, -0.2) is 9.97 Å². The lowest BCUT2D eigenvalue weighted by Crippen LogP contribution is -2.38. The normalized spacial score (nSPS) is 30.1. The Morgan fingerprint density at radius 2 is 1.39 bits per heavy atom. The second-order valence-electron chi connectivity index (χ2n) is 9.45. The number of rotatable bonds is 8. The summed E-state index contributed by atoms with van der Waals surface area (Å²) in [7, 11) is 0. The van der Waals surface area contributed by atoms with Crippen LogP contribution in [-0.4, -0.2) is 116 Å². The van der Waals surface area contributed by atoms with Crippen molar-refractivity contribution in [1.82, 2.24) is 39.0 Å². The molecule has 0 amide bonds. The Balaban J connectivity index is 1.09. The van der Waals surface area contributed by atoms with Crippen molar-refractivity contribution in [3.63, 3.8) is 0 Å². The first-order valence-corrected chi connectivity index (χ1v) is 12.3. The molecule has 41 heavy (non-hydrogen) atoms. The van der Waals surface area contributed by atoms with E-state index in [1.165, 1.54) is 21.8 Å². The molecule has 6 rings (SSSR count). The summed E-state index contributed by atoms with van der Waals surface area (Å²) in [6, 6.07) is 0. The number of nitrogens with zero attached hydrogens (tertiary/aromatic N) is 6. The molecule has 20 heteroatoms. The third-order valence-corrected chi connectivity index (χ3v) is 6.90. The van der Waals surface area contributed by atoms with Crippen molar-refractivity contribution in [2.45, 2.75) is 49.1 Å². The van der Waals surface area contributed by atoms with Crippen LogP contribution in [0.1, 0.15) is 12.5 Å². The van der Waals surface area contributed by atoms with E-state index in [0.717, 1.165) is 0 Å². The van der Waals surface area contributed by atoms with Crippen LogP contribution in [0.2, 0.25) is 0 Å². The molecule has 2 aliphatic heterocycles. The van der Waals surface area contributed by atoms with E-state index in [1.807, 2.05) is 0 Å². The highest BCUT2D eigenvalue weighted by Gasteiger charge is 2.47. The molecule has 220 valence electrons. The summed E-state index contributed by atoms with van der Waals surface area (Å²) in [5.74, 6) is -0.318. The molecule has 8 atom stereocenters. The van der Waals surface area contributed by atoms with E-state index in [9.17, 15) is 30.0 Å². The zero-order chi connectivity index (χ0) is 29.0. The van der Waals surface area contributed by atoms with Gasteiger partial charge < -0.3 is 50.8 Å². The van der Waals surface area contributed by atoms with Gasteiger partial charge in [-0.3, -0.25) is 28.7 Å². The molecule has 10 N–H and O–H groups in total. The first-order valence-electron chi connectivity index (χ1n) is 12.3. The summed E-state index contributed by atoms with van der Waals surface area (Å²) in [5, 5.41) is 41.8. The molecule has 2 fully saturated rings. The summed E-state index contributed by atoms with van der Waals surface area (Å²) in [6.07, 6.45) is -7.00. The van der Waals surface area contributed by atoms with Crippen LogP contribution < -0.4 is 22.6 Å². The second kappa shape index (κ2) is 10.4. The van der Waals surface area contributed by atoms with Crippen LogP contribution in [0.5, 0.6) is 0 Å². The van der Waals surface area contributed by atoms with E-state index in [0.29, 0.717) is 0 Å². The number of H-pyrrole nitrogens is 2. The minimum absolute atomic E-state index is 0.0198. The number of hydrogen-bond acceptors (Lipinski definition) is 16. The number of imidazole rings is 2. The predicted octanol–water partition coefficient (Wildman–Crippen LogP) is -4.35. The average molecular weight is 578 g/mol. The van der Waals surface area contributed by atoms with Crippen LogP contribution in [-0.2, 0) is 18.9 Å². The molecular formula is C21H26N10O10. The fourth-order valence-corrected chi connectivity index (χ4v) is 4.95. The molecule has 20 nitrogen and oxygen atoms in total. The van der Waals surface area contributed by atoms with Gasteiger partial charge in [0.25, 0.3) is 11.1 Å². The summed E-state index contributed by atoms with van der Waals surface area (Å²) >= 11 is 0. The van der Waals surface area contributed by atoms with Crippen LogP contribution in [0, 0.1) is 0 Å². The number of anilines is 2. The number of fused-ring (bicyclic) bond motifs is 2. The zero-order valence-corrected chi connectivity index (χ0v) is 21.0. The summed E-state index contributed by atoms with van der Waals surface area (Å²) in [5.41, 5.74) is 10.2. The number of hydrogen-bond donors (Lipinski definition) is 8. The number of nitrogen functional groups attached to an aromatic ring is 2. The van der Waals surface area contributed by atoms with E-state index < -0.39 is 73.6 Å². The standard InChI is InChI=1S/C21H26N10O10/c22-20-26-14-8(16(36)28-20)24-3-30(14)18-11(34)10(33)7(41-18)2-38-5-39-13-6(1-32)40-19(12(13)35)31-4-25-9-15(31)27-21(23)29-17(9)37/h3-4,6-7,10-13,18-19,32-35H,1-2,5H2,(H3,22,26,28,36)(H3,23,27,29,37)/t6-,7-,10-,11-,12-,13-,18-,19-/m1/s1. The van der Waals surface area contributed by atoms with E-state index in [4.69, 9.17) is 30.4 Å². The molecule has 0 bridgehead atoms. The molecular weight excluding hydrogens is 552 g/mol. The van der Waals surface area contributed by atoms with E-state index in [-0.39, 0.29) is 40.8 Å². The quantitative estimate of drug-likeness (QED) is 0.0723. The number of aromatic nitrogens is 8. The lowest BCUT2D eigenvalue weighted by atomic mass is 10.1. The van der Waals surface area contributed by atoms with Gasteiger partial charge in [0.15, 0.2) is 34.8 Å². The van der Waals surface area contributed by atoms with E-state index in [1.54, 1.807) is 0 Å². The van der Waals surface area contributed by atoms with Gasteiger partial charge >= 0.3 is 0 Å². The molecule has 4 aromatic heterocycles. The maximum absolute atomic E-state index is 12.1. The summed E-state index contributed by atoms with van der Waals surface area (Å²) in [4.78, 5) is 44.8. The highest BCUT2D eigenvalue weighted by atomic mass is 16.7. The van der Waals surface area contributed by atoms with Crippen LogP contribution in [0.15, 0.2) is 22.2 Å². The highest BCUT2D eigenvalue weighted by Crippen LogP contribution is 2.34. The minimum Gasteiger partial charge on any atom is -0.394 e. The summed E-state index contributed by atoms with van der Waals surface area (Å²) < 4.78 is 25.2. The fourth-order valence-electron chi connectivity index (χ4n) is 4.95. The number of nitrogens with one attached hydrogen (secondary N) is 2. The number of ether oxygens (including phenoxy) is 4. The Bertz CT molecular complexity index is 1680. The van der Waals surface area contributed by atoms with Crippen molar-refractivity contribution in [2.75, 3.05) is 31.5 Å². The van der Waals surface area contributed by atoms with Crippen molar-refractivity contribution < 1.29 is 39.4 Å². The van der Waals surface area contributed by atoms with Crippen molar-refractivity contribution in [2.24, 2.45) is 0 Å². The Kier molecular flexibility index (Phi) is 6.91. The molecule has 0 aromatic carbocycles. The molecule has 0 unspecified atom stereocenters. The van der Waals surface area contributed by atoms with Gasteiger partial charge in [0.05, 0.1) is 25.9 Å². The Morgan fingerprint density at radius 1 is 0.854 bits per heavy atom. The topological polar surface area (TPSA) is 297 Å². The Morgan fingerprint density at radius 3 is 1.95 bits per heavy atom. The van der Waals surface area contributed by atoms with Gasteiger partial charge in [0.2, 0.25) is 11.9 Å². The van der Waals surface area contributed by atoms with Crippen LogP contribution in [0.4, 0.5) is 11.9 Å². The number of aliphatic hydroxyl groups is 4. The van der Waals surface area contributed by atoms with Crippen molar-refractivity contribution in [3.05, 3.63) is 33.4 Å². The van der Waals surface area contributed by atoms with Gasteiger partial charge in [0.1, 0.15) is 43.4 Å². The Labute approximate surface area is 227 Å². The first kappa shape index (κ1) is 27.2. The average Bonchev–Trinajstić information content (AvgIpc) is 3.68. The largest absolute Gasteiger partial charge is 0.394 e. The number of nitrogens with two attached hydrogens (primary N) is 2. The molecule has 6 heterocycles. The predicted molar refractivity (Wildman–Crippen MR) is 134 cm³/mol. The van der Waals surface area contributed by atoms with Crippen molar-refractivity contribution in [3.8, 4) is 0 Å². The second-order valence-corrected chi connectivity index (χ2v) is 9.45. The third-order valence-electron chi connectivity index (χ3n) is 6.90. The van der Waals surface area contributed by atoms with Crippen LogP contribution in [0.25, 0.3) is 22.3 Å². The SMILES string of the molecule is Nc1nc2c(ncn2[C@@H]2O[C@H](COCO[C@H]3[C@@H](O)[C@H](n4cnc5c(=O)[nH]c(N)nc54)O[C@@H]3CO)[C@@H](O)[C@H]2O)c(=O)[nH]1. The van der Waals surface area contributed by atoms with Crippen LogP contribution >= 0.6 is 0 Å². The molecule has 0 radical (unpaired) electrons. The molecule has 0 aliphatic carbocycles. The maximum atomic E-state index is 12.1. The third kappa shape index (κ3) is 4.61. The monoisotopic (exact) mass is 578 g/mol. The maximum Gasteiger partial charge on any atom is 0.280 e. The lowest BCUT2D eigenvalue weighted by Gasteiger charge is -2.21. The lowest BCUT2D eigenvalue weighted by molar-refractivity contribution is -0.152. The number of aliphatic hydroxyl groups excluding tert-OH is 4. The molecule has 2 aliphatic rings. The van der Waals surface area contributed by atoms with E-state index >= 15 is 0 Å². The first-order chi connectivity index (χ1) is 19.7. The number of aromatic amines is 2. The smallest absolute Gasteiger partial charge is 0.280 e. The minimum atomic E-state index is -1.42. The molecule has 0 saturated carbocycles. The van der Waals surface area contributed by atoms with Gasteiger partial charge in [0, 0.05) is 0 Å². The van der Waals surface area contributed by atoms with Gasteiger partial charge in [-0.2, -0.15) is 9.97 Å². The van der Waals surface area contributed by atoms with Gasteiger partial charge in [-0.15, -0.1) is 0 Å². The van der Waals surface area contributed by atoms with Gasteiger partial charge in [-0.05, 0) is 0 Å². The van der Waals surface area contributed by atoms with E-state index in [2.05, 4.69) is 29.9 Å². The van der Waals surface area contributed by atoms with Crippen LogP contribution in [0.3, 0.4) is 0 Å². The summed E-state index contributed by atoms with van der Waals surface area (Å²) in [6.45, 7) is -1.18. The van der Waals surface area contributed by atoms with Crippen molar-refractivity contribution in [1.29, 1.82) is 0 Å². The molecule has 4 aromatic rings. The zero-order valence-electron chi connectivity index (χ0n) is 21.0.